The third-order valence-electron chi connectivity index (χ3n) is 5.82. The third-order valence-corrected chi connectivity index (χ3v) is 8.13. The van der Waals surface area contributed by atoms with Gasteiger partial charge in [-0.25, -0.2) is 8.42 Å². The van der Waals surface area contributed by atoms with Crippen molar-refractivity contribution in [3.8, 4) is 0 Å². The fourth-order valence-electron chi connectivity index (χ4n) is 3.91. The van der Waals surface area contributed by atoms with E-state index in [-0.39, 0.29) is 34.1 Å². The van der Waals surface area contributed by atoms with E-state index in [1.54, 1.807) is 25.1 Å². The van der Waals surface area contributed by atoms with E-state index in [1.165, 1.54) is 35.2 Å². The lowest BCUT2D eigenvalue weighted by molar-refractivity contribution is -0.139. The summed E-state index contributed by atoms with van der Waals surface area (Å²) in [7, 11) is -4.20. The number of carbonyl (C=O) groups is 2. The maximum absolute atomic E-state index is 13.9. The van der Waals surface area contributed by atoms with E-state index >= 15 is 0 Å². The first kappa shape index (κ1) is 29.5. The van der Waals surface area contributed by atoms with Crippen molar-refractivity contribution in [2.75, 3.05) is 10.8 Å². The van der Waals surface area contributed by atoms with Crippen LogP contribution in [0.4, 0.5) is 5.69 Å². The van der Waals surface area contributed by atoms with Gasteiger partial charge < -0.3 is 10.2 Å². The third kappa shape index (κ3) is 7.28. The van der Waals surface area contributed by atoms with Gasteiger partial charge in [0.05, 0.1) is 15.6 Å². The predicted octanol–water partition coefficient (Wildman–Crippen LogP) is 5.44. The van der Waals surface area contributed by atoms with Gasteiger partial charge in [0.2, 0.25) is 11.8 Å². The maximum Gasteiger partial charge on any atom is 0.264 e. The van der Waals surface area contributed by atoms with Gasteiger partial charge in [-0.05, 0) is 63.6 Å². The minimum Gasteiger partial charge on any atom is -0.352 e. The molecule has 0 aliphatic heterocycles. The van der Waals surface area contributed by atoms with Gasteiger partial charge in [0.1, 0.15) is 12.6 Å². The number of aryl methyl sites for hydroxylation is 1. The van der Waals surface area contributed by atoms with E-state index in [4.69, 9.17) is 23.2 Å². The van der Waals surface area contributed by atoms with Gasteiger partial charge in [0, 0.05) is 17.6 Å². The van der Waals surface area contributed by atoms with Gasteiger partial charge >= 0.3 is 0 Å². The van der Waals surface area contributed by atoms with Crippen molar-refractivity contribution in [1.82, 2.24) is 10.2 Å². The topological polar surface area (TPSA) is 86.8 Å². The Morgan fingerprint density at radius 3 is 2.21 bits per heavy atom. The first-order valence-corrected chi connectivity index (χ1v) is 14.3. The summed E-state index contributed by atoms with van der Waals surface area (Å²) < 4.78 is 28.5. The predicted molar refractivity (Wildman–Crippen MR) is 152 cm³/mol. The number of anilines is 1. The monoisotopic (exact) mass is 575 g/mol. The van der Waals surface area contributed by atoms with Crippen molar-refractivity contribution < 1.29 is 18.0 Å². The molecule has 202 valence electrons. The van der Waals surface area contributed by atoms with Crippen LogP contribution >= 0.6 is 23.2 Å². The lowest BCUT2D eigenvalue weighted by Gasteiger charge is -2.32. The zero-order valence-corrected chi connectivity index (χ0v) is 24.0. The highest BCUT2D eigenvalue weighted by atomic mass is 35.5. The van der Waals surface area contributed by atoms with Crippen LogP contribution in [-0.2, 0) is 26.2 Å². The van der Waals surface area contributed by atoms with Crippen LogP contribution in [0.2, 0.25) is 10.0 Å². The smallest absolute Gasteiger partial charge is 0.264 e. The van der Waals surface area contributed by atoms with Crippen molar-refractivity contribution >= 4 is 50.7 Å². The minimum atomic E-state index is -4.20. The van der Waals surface area contributed by atoms with Crippen LogP contribution < -0.4 is 9.62 Å². The minimum absolute atomic E-state index is 0.00495. The molecule has 0 bridgehead atoms. The molecule has 1 N–H and O–H groups in total. The number of halogens is 2. The number of hydrogen-bond donors (Lipinski definition) is 1. The summed E-state index contributed by atoms with van der Waals surface area (Å²) in [5, 5.41) is 3.22. The molecular formula is C28H31Cl2N3O4S. The first-order valence-electron chi connectivity index (χ1n) is 12.1. The molecule has 0 saturated carbocycles. The quantitative estimate of drug-likeness (QED) is 0.348. The summed E-state index contributed by atoms with van der Waals surface area (Å²) in [6.45, 7) is 6.74. The van der Waals surface area contributed by atoms with Crippen molar-refractivity contribution in [2.24, 2.45) is 0 Å². The molecule has 3 aromatic rings. The van der Waals surface area contributed by atoms with E-state index in [0.717, 1.165) is 15.4 Å². The van der Waals surface area contributed by atoms with Gasteiger partial charge in [0.15, 0.2) is 0 Å². The molecule has 1 unspecified atom stereocenters. The van der Waals surface area contributed by atoms with Gasteiger partial charge in [-0.3, -0.25) is 13.9 Å². The molecule has 0 saturated heterocycles. The normalized spacial score (nSPS) is 12.2. The van der Waals surface area contributed by atoms with Crippen molar-refractivity contribution in [1.29, 1.82) is 0 Å². The Labute approximate surface area is 234 Å². The molecule has 0 aliphatic rings. The van der Waals surface area contributed by atoms with Gasteiger partial charge in [-0.15, -0.1) is 0 Å². The Balaban J connectivity index is 2.06. The summed E-state index contributed by atoms with van der Waals surface area (Å²) >= 11 is 12.5. The molecule has 0 aliphatic carbocycles. The number of hydrogen-bond acceptors (Lipinski definition) is 4. The Kier molecular flexibility index (Phi) is 9.82. The molecule has 0 radical (unpaired) electrons. The molecule has 7 nitrogen and oxygen atoms in total. The fraction of sp³-hybridized carbons (Fsp3) is 0.286. The largest absolute Gasteiger partial charge is 0.352 e. The maximum atomic E-state index is 13.9. The Bertz CT molecular complexity index is 1400. The van der Waals surface area contributed by atoms with Gasteiger partial charge in [-0.2, -0.15) is 0 Å². The highest BCUT2D eigenvalue weighted by molar-refractivity contribution is 7.92. The molecule has 0 fully saturated rings. The van der Waals surface area contributed by atoms with E-state index in [9.17, 15) is 18.0 Å². The lowest BCUT2D eigenvalue weighted by atomic mass is 10.1. The molecule has 3 aromatic carbocycles. The molecule has 0 spiro atoms. The highest BCUT2D eigenvalue weighted by Gasteiger charge is 2.33. The molecule has 10 heteroatoms. The molecular weight excluding hydrogens is 545 g/mol. The van der Waals surface area contributed by atoms with Gasteiger partial charge in [-0.1, -0.05) is 71.2 Å². The van der Waals surface area contributed by atoms with E-state index in [1.807, 2.05) is 45.0 Å². The summed E-state index contributed by atoms with van der Waals surface area (Å²) in [4.78, 5) is 28.2. The summed E-state index contributed by atoms with van der Waals surface area (Å²) in [6.07, 6.45) is 0. The number of benzene rings is 3. The number of nitrogens with zero attached hydrogens (tertiary/aromatic N) is 2. The zero-order chi connectivity index (χ0) is 28.0. The second-order valence-electron chi connectivity index (χ2n) is 9.27. The van der Waals surface area contributed by atoms with Crippen LogP contribution in [0, 0.1) is 6.92 Å². The molecule has 3 rings (SSSR count). The molecule has 38 heavy (non-hydrogen) atoms. The van der Waals surface area contributed by atoms with Crippen LogP contribution in [0.25, 0.3) is 0 Å². The van der Waals surface area contributed by atoms with Crippen molar-refractivity contribution in [3.63, 3.8) is 0 Å². The van der Waals surface area contributed by atoms with Crippen LogP contribution in [-0.4, -0.2) is 43.8 Å². The zero-order valence-electron chi connectivity index (χ0n) is 21.7. The Morgan fingerprint density at radius 1 is 0.921 bits per heavy atom. The summed E-state index contributed by atoms with van der Waals surface area (Å²) in [5.74, 6) is -0.911. The van der Waals surface area contributed by atoms with E-state index < -0.39 is 28.5 Å². The average Bonchev–Trinajstić information content (AvgIpc) is 2.86. The van der Waals surface area contributed by atoms with E-state index in [0.29, 0.717) is 5.02 Å². The number of amides is 2. The van der Waals surface area contributed by atoms with Gasteiger partial charge in [0.25, 0.3) is 10.0 Å². The standard InChI is InChI=1S/C28H31Cl2N3O4S/c1-19(2)31-28(35)21(4)32(17-22-10-8-9-20(3)15-22)27(34)18-33(26-14-13-23(29)16-25(26)30)38(36,37)24-11-6-5-7-12-24/h5-16,19,21H,17-18H2,1-4H3,(H,31,35). The second-order valence-corrected chi connectivity index (χ2v) is 12.0. The second kappa shape index (κ2) is 12.7. The SMILES string of the molecule is Cc1cccc(CN(C(=O)CN(c2ccc(Cl)cc2Cl)S(=O)(=O)c2ccccc2)C(C)C(=O)NC(C)C)c1. The molecule has 0 heterocycles. The van der Waals surface area contributed by atoms with Crippen LogP contribution in [0.1, 0.15) is 31.9 Å². The van der Waals surface area contributed by atoms with Crippen molar-refractivity contribution in [3.05, 3.63) is 94.0 Å². The lowest BCUT2D eigenvalue weighted by Crippen LogP contribution is -2.52. The molecule has 1 atom stereocenters. The van der Waals surface area contributed by atoms with Crippen molar-refractivity contribution in [2.45, 2.75) is 51.2 Å². The highest BCUT2D eigenvalue weighted by Crippen LogP contribution is 2.33. The first-order chi connectivity index (χ1) is 17.9. The number of nitrogens with one attached hydrogen (secondary N) is 1. The summed E-state index contributed by atoms with van der Waals surface area (Å²) in [5.41, 5.74) is 1.91. The fourth-order valence-corrected chi connectivity index (χ4v) is 5.93. The Hall–Kier alpha value is -3.07. The van der Waals surface area contributed by atoms with Crippen LogP contribution in [0.3, 0.4) is 0 Å². The Morgan fingerprint density at radius 2 is 1.61 bits per heavy atom. The number of carbonyl (C=O) groups excluding carboxylic acids is 2. The number of sulfonamides is 1. The number of rotatable bonds is 10. The van der Waals surface area contributed by atoms with E-state index in [2.05, 4.69) is 5.32 Å². The van der Waals surface area contributed by atoms with Crippen LogP contribution in [0.5, 0.6) is 0 Å². The molecule has 2 amide bonds. The van der Waals surface area contributed by atoms with Crippen LogP contribution in [0.15, 0.2) is 77.7 Å². The molecule has 0 aromatic heterocycles. The average molecular weight is 577 g/mol. The summed E-state index contributed by atoms with van der Waals surface area (Å²) in [6, 6.07) is 18.7.